The van der Waals surface area contributed by atoms with Crippen LogP contribution < -0.4 is 4.90 Å². The number of aliphatic hydroxyl groups excluding tert-OH is 1. The van der Waals surface area contributed by atoms with Gasteiger partial charge in [0.15, 0.2) is 11.5 Å². The molecule has 0 saturated carbocycles. The van der Waals surface area contributed by atoms with E-state index in [2.05, 4.69) is 0 Å². The lowest BCUT2D eigenvalue weighted by molar-refractivity contribution is 0.298. The van der Waals surface area contributed by atoms with Crippen molar-refractivity contribution in [2.75, 3.05) is 18.7 Å². The van der Waals surface area contributed by atoms with Gasteiger partial charge in [-0.25, -0.2) is 0 Å². The van der Waals surface area contributed by atoms with Crippen molar-refractivity contribution < 1.29 is 15.3 Å². The van der Waals surface area contributed by atoms with E-state index in [9.17, 15) is 0 Å². The van der Waals surface area contributed by atoms with Crippen molar-refractivity contribution in [2.24, 2.45) is 0 Å². The number of aromatic hydroxyl groups is 2. The van der Waals surface area contributed by atoms with Crippen LogP contribution in [0, 0.1) is 0 Å². The van der Waals surface area contributed by atoms with Gasteiger partial charge in [-0.2, -0.15) is 0 Å². The molecule has 12 heavy (non-hydrogen) atoms. The summed E-state index contributed by atoms with van der Waals surface area (Å²) in [5.74, 6) is -0.349. The summed E-state index contributed by atoms with van der Waals surface area (Å²) >= 11 is 0. The molecule has 1 rings (SSSR count). The number of nitrogens with zero attached hydrogens (tertiary/aromatic N) is 1. The molecule has 0 heterocycles. The van der Waals surface area contributed by atoms with E-state index < -0.39 is 0 Å². The highest BCUT2D eigenvalue weighted by Gasteiger charge is 2.02. The first-order valence-corrected chi connectivity index (χ1v) is 3.49. The Kier molecular flexibility index (Phi) is 2.40. The van der Waals surface area contributed by atoms with Crippen LogP contribution in [0.5, 0.6) is 11.5 Å². The molecule has 1 aromatic rings. The lowest BCUT2D eigenvalue weighted by atomic mass is 10.2. The molecule has 0 unspecified atom stereocenters. The van der Waals surface area contributed by atoms with Crippen LogP contribution in [0.4, 0.5) is 5.69 Å². The monoisotopic (exact) mass is 169 g/mol. The lowest BCUT2D eigenvalue weighted by Crippen LogP contribution is -2.17. The number of hydrogen-bond donors (Lipinski definition) is 3. The summed E-state index contributed by atoms with van der Waals surface area (Å²) in [7, 11) is 1.67. The molecule has 3 N–H and O–H groups in total. The smallest absolute Gasteiger partial charge is 0.159 e. The standard InChI is InChI=1S/C8H11NO3/c1-9(5-10)6-2-3-7(11)8(12)4-6/h2-4,10-12H,5H2,1H3. The minimum atomic E-state index is -0.187. The van der Waals surface area contributed by atoms with Crippen LogP contribution in [-0.2, 0) is 0 Å². The molecule has 0 atom stereocenters. The zero-order valence-electron chi connectivity index (χ0n) is 6.73. The summed E-state index contributed by atoms with van der Waals surface area (Å²) in [6, 6.07) is 4.35. The molecule has 1 aromatic carbocycles. The van der Waals surface area contributed by atoms with Crippen LogP contribution in [0.15, 0.2) is 18.2 Å². The van der Waals surface area contributed by atoms with Crippen molar-refractivity contribution in [1.29, 1.82) is 0 Å². The van der Waals surface area contributed by atoms with Crippen LogP contribution in [0.1, 0.15) is 0 Å². The van der Waals surface area contributed by atoms with Gasteiger partial charge in [0.1, 0.15) is 6.73 Å². The lowest BCUT2D eigenvalue weighted by Gasteiger charge is -2.15. The van der Waals surface area contributed by atoms with Crippen molar-refractivity contribution >= 4 is 5.69 Å². The van der Waals surface area contributed by atoms with E-state index in [4.69, 9.17) is 15.3 Å². The average molecular weight is 169 g/mol. The highest BCUT2D eigenvalue weighted by molar-refractivity contribution is 5.54. The summed E-state index contributed by atoms with van der Waals surface area (Å²) in [4.78, 5) is 1.53. The molecular weight excluding hydrogens is 158 g/mol. The maximum absolute atomic E-state index is 9.09. The van der Waals surface area contributed by atoms with Crippen LogP contribution >= 0.6 is 0 Å². The molecule has 0 aliphatic heterocycles. The van der Waals surface area contributed by atoms with E-state index in [0.29, 0.717) is 5.69 Å². The molecule has 4 heteroatoms. The molecule has 0 fully saturated rings. The third-order valence-corrected chi connectivity index (χ3v) is 1.61. The largest absolute Gasteiger partial charge is 0.504 e. The Morgan fingerprint density at radius 3 is 2.42 bits per heavy atom. The number of phenols is 2. The zero-order valence-corrected chi connectivity index (χ0v) is 6.73. The van der Waals surface area contributed by atoms with E-state index >= 15 is 0 Å². The van der Waals surface area contributed by atoms with Gasteiger partial charge in [0.25, 0.3) is 0 Å². The Labute approximate surface area is 70.3 Å². The van der Waals surface area contributed by atoms with Crippen LogP contribution in [-0.4, -0.2) is 29.1 Å². The Hall–Kier alpha value is -1.42. The molecule has 0 radical (unpaired) electrons. The van der Waals surface area contributed by atoms with E-state index in [1.165, 1.54) is 17.0 Å². The molecule has 4 nitrogen and oxygen atoms in total. The van der Waals surface area contributed by atoms with Gasteiger partial charge >= 0.3 is 0 Å². The minimum absolute atomic E-state index is 0.135. The summed E-state index contributed by atoms with van der Waals surface area (Å²) < 4.78 is 0. The van der Waals surface area contributed by atoms with Gasteiger partial charge in [-0.05, 0) is 12.1 Å². The predicted molar refractivity (Wildman–Crippen MR) is 45.3 cm³/mol. The van der Waals surface area contributed by atoms with Crippen LogP contribution in [0.2, 0.25) is 0 Å². The van der Waals surface area contributed by atoms with Crippen molar-refractivity contribution in [1.82, 2.24) is 0 Å². The summed E-state index contributed by atoms with van der Waals surface area (Å²) in [6.07, 6.45) is 0. The third-order valence-electron chi connectivity index (χ3n) is 1.61. The first-order chi connectivity index (χ1) is 5.65. The first-order valence-electron chi connectivity index (χ1n) is 3.49. The van der Waals surface area contributed by atoms with Gasteiger partial charge in [0, 0.05) is 18.8 Å². The number of aliphatic hydroxyl groups is 1. The minimum Gasteiger partial charge on any atom is -0.504 e. The zero-order chi connectivity index (χ0) is 9.14. The topological polar surface area (TPSA) is 63.9 Å². The summed E-state index contributed by atoms with van der Waals surface area (Å²) in [5.41, 5.74) is 0.646. The Morgan fingerprint density at radius 1 is 1.25 bits per heavy atom. The molecular formula is C8H11NO3. The first kappa shape index (κ1) is 8.67. The number of phenolic OH excluding ortho intramolecular Hbond substituents is 2. The van der Waals surface area contributed by atoms with Gasteiger partial charge in [-0.1, -0.05) is 0 Å². The summed E-state index contributed by atoms with van der Waals surface area (Å²) in [5, 5.41) is 26.8. The van der Waals surface area contributed by atoms with Gasteiger partial charge in [0.05, 0.1) is 0 Å². The molecule has 0 aliphatic carbocycles. The highest BCUT2D eigenvalue weighted by atomic mass is 16.3. The van der Waals surface area contributed by atoms with E-state index in [1.54, 1.807) is 13.1 Å². The van der Waals surface area contributed by atoms with Crippen molar-refractivity contribution in [2.45, 2.75) is 0 Å². The average Bonchev–Trinajstić information content (AvgIpc) is 2.08. The fourth-order valence-corrected chi connectivity index (χ4v) is 0.831. The normalized spacial score (nSPS) is 9.83. The Balaban J connectivity index is 2.96. The molecule has 0 saturated heterocycles. The van der Waals surface area contributed by atoms with Gasteiger partial charge in [-0.15, -0.1) is 0 Å². The fraction of sp³-hybridized carbons (Fsp3) is 0.250. The summed E-state index contributed by atoms with van der Waals surface area (Å²) in [6.45, 7) is -0.135. The van der Waals surface area contributed by atoms with E-state index in [0.717, 1.165) is 0 Å². The third kappa shape index (κ3) is 1.60. The van der Waals surface area contributed by atoms with E-state index in [1.807, 2.05) is 0 Å². The van der Waals surface area contributed by atoms with Gasteiger partial charge in [0.2, 0.25) is 0 Å². The number of benzene rings is 1. The quantitative estimate of drug-likeness (QED) is 0.445. The molecule has 0 bridgehead atoms. The number of hydrogen-bond acceptors (Lipinski definition) is 4. The Bertz CT molecular complexity index is 275. The van der Waals surface area contributed by atoms with Crippen molar-refractivity contribution in [3.05, 3.63) is 18.2 Å². The fourth-order valence-electron chi connectivity index (χ4n) is 0.831. The maximum atomic E-state index is 9.09. The van der Waals surface area contributed by atoms with Crippen LogP contribution in [0.3, 0.4) is 0 Å². The second-order valence-corrected chi connectivity index (χ2v) is 2.51. The second kappa shape index (κ2) is 3.32. The molecule has 0 spiro atoms. The van der Waals surface area contributed by atoms with Crippen LogP contribution in [0.25, 0.3) is 0 Å². The van der Waals surface area contributed by atoms with Crippen molar-refractivity contribution in [3.8, 4) is 11.5 Å². The number of rotatable bonds is 2. The second-order valence-electron chi connectivity index (χ2n) is 2.51. The highest BCUT2D eigenvalue weighted by Crippen LogP contribution is 2.28. The van der Waals surface area contributed by atoms with E-state index in [-0.39, 0.29) is 18.2 Å². The van der Waals surface area contributed by atoms with Gasteiger partial charge in [-0.3, -0.25) is 0 Å². The molecule has 0 aromatic heterocycles. The number of anilines is 1. The SMILES string of the molecule is CN(CO)c1ccc(O)c(O)c1. The maximum Gasteiger partial charge on any atom is 0.159 e. The Morgan fingerprint density at radius 2 is 1.92 bits per heavy atom. The van der Waals surface area contributed by atoms with Crippen molar-refractivity contribution in [3.63, 3.8) is 0 Å². The molecule has 0 aliphatic rings. The van der Waals surface area contributed by atoms with Gasteiger partial charge < -0.3 is 20.2 Å². The predicted octanol–water partition coefficient (Wildman–Crippen LogP) is 0.484. The molecule has 0 amide bonds. The molecule has 66 valence electrons.